The standard InChI is InChI=1S/C31H36FN3O7S/c1-20-15-35(21(2)18-36)31(37)14-23-13-25(33-43(38,39)26-8-5-24(32)6-9-26)7-11-27(23)42-30(20)17-34(3)16-22-4-10-28-29(12-22)41-19-40-28/h4-13,20-21,30,33,36H,14-19H2,1-3H3/t20-,21-,30+/m0/s1. The summed E-state index contributed by atoms with van der Waals surface area (Å²) in [5.74, 6) is 1.07. The lowest BCUT2D eigenvalue weighted by molar-refractivity contribution is -0.134. The smallest absolute Gasteiger partial charge is 0.261 e. The normalized spacial score (nSPS) is 19.2. The number of hydrogen-bond donors (Lipinski definition) is 2. The van der Waals surface area contributed by atoms with Crippen LogP contribution in [0.2, 0.25) is 0 Å². The highest BCUT2D eigenvalue weighted by molar-refractivity contribution is 7.92. The molecule has 1 amide bonds. The number of nitrogens with zero attached hydrogens (tertiary/aromatic N) is 2. The summed E-state index contributed by atoms with van der Waals surface area (Å²) in [7, 11) is -2.01. The zero-order chi connectivity index (χ0) is 30.7. The van der Waals surface area contributed by atoms with Crippen molar-refractivity contribution in [3.63, 3.8) is 0 Å². The molecule has 0 bridgehead atoms. The van der Waals surface area contributed by atoms with Gasteiger partial charge in [-0.05, 0) is 74.1 Å². The molecule has 0 aliphatic carbocycles. The number of nitrogens with one attached hydrogen (secondary N) is 1. The van der Waals surface area contributed by atoms with Crippen molar-refractivity contribution >= 4 is 21.6 Å². The number of hydrogen-bond acceptors (Lipinski definition) is 8. The second-order valence-corrected chi connectivity index (χ2v) is 12.8. The fourth-order valence-electron chi connectivity index (χ4n) is 5.26. The van der Waals surface area contributed by atoms with Crippen molar-refractivity contribution < 1.29 is 36.9 Å². The quantitative estimate of drug-likeness (QED) is 0.376. The largest absolute Gasteiger partial charge is 0.488 e. The first-order valence-corrected chi connectivity index (χ1v) is 15.6. The topological polar surface area (TPSA) is 118 Å². The van der Waals surface area contributed by atoms with Gasteiger partial charge < -0.3 is 24.2 Å². The van der Waals surface area contributed by atoms with Crippen molar-refractivity contribution in [3.05, 3.63) is 77.6 Å². The first-order chi connectivity index (χ1) is 20.5. The van der Waals surface area contributed by atoms with E-state index in [-0.39, 0.29) is 48.3 Å². The Morgan fingerprint density at radius 2 is 1.79 bits per heavy atom. The third-order valence-electron chi connectivity index (χ3n) is 7.67. The molecule has 0 aromatic heterocycles. The molecule has 12 heteroatoms. The van der Waals surface area contributed by atoms with Gasteiger partial charge in [-0.2, -0.15) is 0 Å². The second-order valence-electron chi connectivity index (χ2n) is 11.2. The Bertz CT molecular complexity index is 1570. The molecule has 3 aromatic rings. The van der Waals surface area contributed by atoms with E-state index >= 15 is 0 Å². The van der Waals surface area contributed by atoms with Gasteiger partial charge in [0.1, 0.15) is 17.7 Å². The molecule has 2 aliphatic heterocycles. The van der Waals surface area contributed by atoms with Crippen molar-refractivity contribution in [2.45, 2.75) is 43.9 Å². The average Bonchev–Trinajstić information content (AvgIpc) is 3.45. The van der Waals surface area contributed by atoms with Crippen molar-refractivity contribution in [2.75, 3.05) is 38.3 Å². The van der Waals surface area contributed by atoms with E-state index in [0.717, 1.165) is 23.4 Å². The van der Waals surface area contributed by atoms with Crippen molar-refractivity contribution in [1.29, 1.82) is 0 Å². The van der Waals surface area contributed by atoms with Gasteiger partial charge >= 0.3 is 0 Å². The first kappa shape index (κ1) is 30.6. The molecule has 3 aromatic carbocycles. The molecule has 0 saturated carbocycles. The maximum atomic E-state index is 13.5. The van der Waals surface area contributed by atoms with E-state index in [4.69, 9.17) is 14.2 Å². The summed E-state index contributed by atoms with van der Waals surface area (Å²) in [5.41, 5.74) is 1.80. The lowest BCUT2D eigenvalue weighted by Gasteiger charge is -2.34. The minimum Gasteiger partial charge on any atom is -0.488 e. The molecule has 43 heavy (non-hydrogen) atoms. The Labute approximate surface area is 251 Å². The molecule has 0 radical (unpaired) electrons. The second kappa shape index (κ2) is 12.8. The third kappa shape index (κ3) is 7.20. The fourth-order valence-corrected chi connectivity index (χ4v) is 6.31. The van der Waals surface area contributed by atoms with Gasteiger partial charge in [0.05, 0.1) is 24.0 Å². The molecule has 2 heterocycles. The van der Waals surface area contributed by atoms with Gasteiger partial charge in [-0.25, -0.2) is 12.8 Å². The van der Waals surface area contributed by atoms with E-state index < -0.39 is 21.9 Å². The maximum absolute atomic E-state index is 13.5. The van der Waals surface area contributed by atoms with Crippen LogP contribution in [0.25, 0.3) is 0 Å². The Hall–Kier alpha value is -3.87. The highest BCUT2D eigenvalue weighted by atomic mass is 32.2. The number of ether oxygens (including phenoxy) is 3. The number of aliphatic hydroxyl groups is 1. The van der Waals surface area contributed by atoms with E-state index in [9.17, 15) is 22.7 Å². The number of benzene rings is 3. The van der Waals surface area contributed by atoms with Crippen LogP contribution in [0.15, 0.2) is 65.6 Å². The summed E-state index contributed by atoms with van der Waals surface area (Å²) in [6.45, 7) is 5.34. The van der Waals surface area contributed by atoms with E-state index in [1.807, 2.05) is 32.2 Å². The van der Waals surface area contributed by atoms with E-state index in [2.05, 4.69) is 9.62 Å². The lowest BCUT2D eigenvalue weighted by Crippen LogP contribution is -2.47. The molecular formula is C31H36FN3O7S. The number of likely N-dealkylation sites (N-methyl/N-ethyl adjacent to an activating group) is 1. The van der Waals surface area contributed by atoms with Gasteiger partial charge in [-0.3, -0.25) is 14.4 Å². The number of rotatable bonds is 9. The Kier molecular flexibility index (Phi) is 9.09. The summed E-state index contributed by atoms with van der Waals surface area (Å²) in [4.78, 5) is 17.2. The molecule has 2 N–H and O–H groups in total. The third-order valence-corrected chi connectivity index (χ3v) is 9.07. The number of anilines is 1. The van der Waals surface area contributed by atoms with Crippen molar-refractivity contribution in [3.8, 4) is 17.2 Å². The van der Waals surface area contributed by atoms with Crippen LogP contribution >= 0.6 is 0 Å². The highest BCUT2D eigenvalue weighted by Crippen LogP contribution is 2.33. The van der Waals surface area contributed by atoms with Crippen LogP contribution in [0.5, 0.6) is 17.2 Å². The van der Waals surface area contributed by atoms with Gasteiger partial charge in [-0.1, -0.05) is 13.0 Å². The van der Waals surface area contributed by atoms with Gasteiger partial charge in [0.25, 0.3) is 10.0 Å². The molecule has 10 nitrogen and oxygen atoms in total. The SMILES string of the molecule is C[C@H]1CN([C@@H](C)CO)C(=O)Cc2cc(NS(=O)(=O)c3ccc(F)cc3)ccc2O[C@@H]1CN(C)Cc1ccc2c(c1)OCO2. The van der Waals surface area contributed by atoms with Crippen molar-refractivity contribution in [2.24, 2.45) is 5.92 Å². The molecule has 0 spiro atoms. The predicted molar refractivity (Wildman–Crippen MR) is 158 cm³/mol. The Balaban J connectivity index is 1.40. The Morgan fingerprint density at radius 1 is 1.07 bits per heavy atom. The molecule has 0 fully saturated rings. The summed E-state index contributed by atoms with van der Waals surface area (Å²) in [5, 5.41) is 9.91. The summed E-state index contributed by atoms with van der Waals surface area (Å²) in [6.07, 6.45) is -0.378. The molecule has 0 saturated heterocycles. The minimum atomic E-state index is -4.00. The van der Waals surface area contributed by atoms with Gasteiger partial charge in [-0.15, -0.1) is 0 Å². The number of fused-ring (bicyclic) bond motifs is 2. The number of sulfonamides is 1. The first-order valence-electron chi connectivity index (χ1n) is 14.1. The van der Waals surface area contributed by atoms with Crippen LogP contribution in [0.3, 0.4) is 0 Å². The van der Waals surface area contributed by atoms with E-state index in [0.29, 0.717) is 36.7 Å². The zero-order valence-corrected chi connectivity index (χ0v) is 25.1. The molecule has 2 aliphatic rings. The summed E-state index contributed by atoms with van der Waals surface area (Å²) >= 11 is 0. The number of aliphatic hydroxyl groups excluding tert-OH is 1. The fraction of sp³-hybridized carbons (Fsp3) is 0.387. The number of carbonyl (C=O) groups is 1. The van der Waals surface area contributed by atoms with Gasteiger partial charge in [0.15, 0.2) is 11.5 Å². The molecule has 5 rings (SSSR count). The van der Waals surface area contributed by atoms with Crippen LogP contribution in [-0.4, -0.2) is 74.9 Å². The molecule has 0 unspecified atom stereocenters. The monoisotopic (exact) mass is 613 g/mol. The molecule has 3 atom stereocenters. The van der Waals surface area contributed by atoms with Gasteiger partial charge in [0.2, 0.25) is 12.7 Å². The number of carbonyl (C=O) groups excluding carboxylic acids is 1. The highest BCUT2D eigenvalue weighted by Gasteiger charge is 2.31. The summed E-state index contributed by atoms with van der Waals surface area (Å²) in [6, 6.07) is 14.8. The van der Waals surface area contributed by atoms with Crippen LogP contribution < -0.4 is 18.9 Å². The van der Waals surface area contributed by atoms with E-state index in [1.165, 1.54) is 12.1 Å². The molecular weight excluding hydrogens is 577 g/mol. The van der Waals surface area contributed by atoms with E-state index in [1.54, 1.807) is 30.0 Å². The average molecular weight is 614 g/mol. The number of halogens is 1. The zero-order valence-electron chi connectivity index (χ0n) is 24.3. The van der Waals surface area contributed by atoms with Crippen LogP contribution in [-0.2, 0) is 27.8 Å². The lowest BCUT2D eigenvalue weighted by atomic mass is 10.0. The maximum Gasteiger partial charge on any atom is 0.261 e. The van der Waals surface area contributed by atoms with Crippen LogP contribution in [0, 0.1) is 11.7 Å². The molecule has 230 valence electrons. The predicted octanol–water partition coefficient (Wildman–Crippen LogP) is 3.64. The van der Waals surface area contributed by atoms with Crippen LogP contribution in [0.1, 0.15) is 25.0 Å². The van der Waals surface area contributed by atoms with Gasteiger partial charge in [0, 0.05) is 36.8 Å². The minimum absolute atomic E-state index is 0.0434. The Morgan fingerprint density at radius 3 is 2.53 bits per heavy atom. The van der Waals surface area contributed by atoms with Crippen LogP contribution in [0.4, 0.5) is 10.1 Å². The van der Waals surface area contributed by atoms with Crippen molar-refractivity contribution in [1.82, 2.24) is 9.80 Å². The number of amides is 1. The summed E-state index contributed by atoms with van der Waals surface area (Å²) < 4.78 is 59.2.